The molecule has 0 bridgehead atoms. The van der Waals surface area contributed by atoms with Gasteiger partial charge in [0.05, 0.1) is 6.54 Å². The van der Waals surface area contributed by atoms with E-state index in [1.165, 1.54) is 47.6 Å². The van der Waals surface area contributed by atoms with Gasteiger partial charge in [0, 0.05) is 17.0 Å². The summed E-state index contributed by atoms with van der Waals surface area (Å²) < 4.78 is 4.87. The average molecular weight is 352 g/mol. The number of aryl methyl sites for hydroxylation is 2. The van der Waals surface area contributed by atoms with Crippen molar-refractivity contribution in [3.63, 3.8) is 0 Å². The van der Waals surface area contributed by atoms with Crippen molar-refractivity contribution in [2.45, 2.75) is 45.6 Å². The van der Waals surface area contributed by atoms with Crippen molar-refractivity contribution in [3.05, 3.63) is 71.1 Å². The highest BCUT2D eigenvalue weighted by molar-refractivity contribution is 6.30. The van der Waals surface area contributed by atoms with Gasteiger partial charge < -0.3 is 0 Å². The van der Waals surface area contributed by atoms with Crippen molar-refractivity contribution < 1.29 is 4.57 Å². The molecule has 0 saturated carbocycles. The Morgan fingerprint density at radius 1 is 0.960 bits per heavy atom. The molecule has 1 aromatic heterocycles. The molecule has 25 heavy (non-hydrogen) atoms. The monoisotopic (exact) mass is 351 g/mol. The fourth-order valence-electron chi connectivity index (χ4n) is 3.73. The van der Waals surface area contributed by atoms with E-state index >= 15 is 0 Å². The summed E-state index contributed by atoms with van der Waals surface area (Å²) >= 11 is 6.12. The number of fused-ring (bicyclic) bond motifs is 1. The zero-order valence-corrected chi connectivity index (χ0v) is 15.5. The highest BCUT2D eigenvalue weighted by atomic mass is 35.5. The molecule has 0 fully saturated rings. The van der Waals surface area contributed by atoms with Crippen molar-refractivity contribution in [3.8, 4) is 16.9 Å². The number of imidazole rings is 1. The van der Waals surface area contributed by atoms with E-state index in [1.807, 2.05) is 12.1 Å². The molecule has 2 aromatic carbocycles. The van der Waals surface area contributed by atoms with Gasteiger partial charge in [0.25, 0.3) is 5.82 Å². The Morgan fingerprint density at radius 3 is 2.44 bits per heavy atom. The van der Waals surface area contributed by atoms with Crippen LogP contribution in [0.3, 0.4) is 0 Å². The lowest BCUT2D eigenvalue weighted by Gasteiger charge is -2.06. The first-order valence-electron chi connectivity index (χ1n) is 9.25. The maximum absolute atomic E-state index is 6.12. The number of hydrogen-bond donors (Lipinski definition) is 0. The summed E-state index contributed by atoms with van der Waals surface area (Å²) in [6.07, 6.45) is 8.35. The third kappa shape index (κ3) is 3.23. The lowest BCUT2D eigenvalue weighted by atomic mass is 10.1. The lowest BCUT2D eigenvalue weighted by molar-refractivity contribution is -0.702. The molecule has 0 amide bonds. The molecule has 2 heterocycles. The van der Waals surface area contributed by atoms with E-state index in [0.717, 1.165) is 24.4 Å². The van der Waals surface area contributed by atoms with Gasteiger partial charge in [-0.1, -0.05) is 42.8 Å². The molecule has 0 unspecified atom stereocenters. The van der Waals surface area contributed by atoms with Gasteiger partial charge in [0.1, 0.15) is 11.9 Å². The van der Waals surface area contributed by atoms with E-state index in [4.69, 9.17) is 11.6 Å². The second-order valence-corrected chi connectivity index (χ2v) is 7.23. The summed E-state index contributed by atoms with van der Waals surface area (Å²) in [5.74, 6) is 1.40. The van der Waals surface area contributed by atoms with Gasteiger partial charge in [-0.05, 0) is 55.5 Å². The van der Waals surface area contributed by atoms with E-state index in [2.05, 4.69) is 58.7 Å². The van der Waals surface area contributed by atoms with Crippen molar-refractivity contribution >= 4 is 11.6 Å². The van der Waals surface area contributed by atoms with Crippen molar-refractivity contribution in [1.82, 2.24) is 4.57 Å². The number of halogens is 1. The number of hydrogen-bond acceptors (Lipinski definition) is 0. The molecule has 0 aliphatic carbocycles. The molecule has 2 nitrogen and oxygen atoms in total. The number of benzene rings is 2. The SMILES string of the molecule is CCc1ccc(-c2c[n+]3c(n2-c2ccc(Cl)cc2)CCCCC3)cc1. The zero-order valence-electron chi connectivity index (χ0n) is 14.7. The number of nitrogens with zero attached hydrogens (tertiary/aromatic N) is 2. The van der Waals surface area contributed by atoms with Gasteiger partial charge in [0.15, 0.2) is 5.69 Å². The third-order valence-corrected chi connectivity index (χ3v) is 5.40. The van der Waals surface area contributed by atoms with Crippen LogP contribution in [-0.4, -0.2) is 4.57 Å². The zero-order chi connectivity index (χ0) is 17.2. The summed E-state index contributed by atoms with van der Waals surface area (Å²) in [7, 11) is 0. The molecule has 0 N–H and O–H groups in total. The minimum Gasteiger partial charge on any atom is -0.233 e. The van der Waals surface area contributed by atoms with Crippen LogP contribution >= 0.6 is 11.6 Å². The first-order valence-corrected chi connectivity index (χ1v) is 9.63. The molecule has 1 aliphatic rings. The van der Waals surface area contributed by atoms with E-state index in [0.29, 0.717) is 0 Å². The quantitative estimate of drug-likeness (QED) is 0.560. The molecular weight excluding hydrogens is 328 g/mol. The first kappa shape index (κ1) is 16.4. The predicted octanol–water partition coefficient (Wildman–Crippen LogP) is 5.37. The second-order valence-electron chi connectivity index (χ2n) is 6.80. The van der Waals surface area contributed by atoms with Crippen molar-refractivity contribution in [2.24, 2.45) is 0 Å². The highest BCUT2D eigenvalue weighted by Crippen LogP contribution is 2.27. The largest absolute Gasteiger partial charge is 0.262 e. The maximum atomic E-state index is 6.12. The predicted molar refractivity (Wildman–Crippen MR) is 103 cm³/mol. The molecule has 0 atom stereocenters. The van der Waals surface area contributed by atoms with Gasteiger partial charge >= 0.3 is 0 Å². The van der Waals surface area contributed by atoms with E-state index < -0.39 is 0 Å². The molecular formula is C22H24ClN2+. The average Bonchev–Trinajstić information content (AvgIpc) is 2.85. The molecule has 0 radical (unpaired) electrons. The summed E-state index contributed by atoms with van der Waals surface area (Å²) in [5, 5.41) is 0.781. The third-order valence-electron chi connectivity index (χ3n) is 5.15. The van der Waals surface area contributed by atoms with Crippen LogP contribution in [0, 0.1) is 0 Å². The molecule has 128 valence electrons. The van der Waals surface area contributed by atoms with Crippen molar-refractivity contribution in [2.75, 3.05) is 0 Å². The van der Waals surface area contributed by atoms with Gasteiger partial charge in [-0.3, -0.25) is 0 Å². The summed E-state index contributed by atoms with van der Waals surface area (Å²) in [4.78, 5) is 0. The van der Waals surface area contributed by atoms with Crippen LogP contribution in [0.25, 0.3) is 16.9 Å². The first-order chi connectivity index (χ1) is 12.3. The minimum atomic E-state index is 0.781. The normalized spacial score (nSPS) is 14.2. The Kier molecular flexibility index (Phi) is 4.63. The Hall–Kier alpha value is -2.06. The van der Waals surface area contributed by atoms with Crippen LogP contribution in [0.1, 0.15) is 37.6 Å². The minimum absolute atomic E-state index is 0.781. The fraction of sp³-hybridized carbons (Fsp3) is 0.318. The molecule has 4 rings (SSSR count). The van der Waals surface area contributed by atoms with Crippen LogP contribution < -0.4 is 4.57 Å². The summed E-state index contributed by atoms with van der Waals surface area (Å²) in [6, 6.07) is 17.2. The van der Waals surface area contributed by atoms with Gasteiger partial charge in [0.2, 0.25) is 0 Å². The maximum Gasteiger partial charge on any atom is 0.262 e. The molecule has 3 aromatic rings. The van der Waals surface area contributed by atoms with Gasteiger partial charge in [-0.15, -0.1) is 0 Å². The summed E-state index contributed by atoms with van der Waals surface area (Å²) in [6.45, 7) is 3.30. The van der Waals surface area contributed by atoms with Gasteiger partial charge in [-0.2, -0.15) is 4.57 Å². The molecule has 3 heteroatoms. The molecule has 1 aliphatic heterocycles. The Morgan fingerprint density at radius 2 is 1.72 bits per heavy atom. The van der Waals surface area contributed by atoms with Crippen LogP contribution in [0.15, 0.2) is 54.7 Å². The standard InChI is InChI=1S/C22H24ClN2/c1-2-17-7-9-18(10-8-17)21-16-24-15-5-3-4-6-22(24)25(21)20-13-11-19(23)12-14-20/h7-14,16H,2-6,15H2,1H3/q+1. The molecule has 0 spiro atoms. The summed E-state index contributed by atoms with van der Waals surface area (Å²) in [5.41, 5.74) is 5.10. The van der Waals surface area contributed by atoms with E-state index in [-0.39, 0.29) is 0 Å². The Bertz CT molecular complexity index is 860. The lowest BCUT2D eigenvalue weighted by Crippen LogP contribution is -2.35. The fourth-order valence-corrected chi connectivity index (χ4v) is 3.86. The van der Waals surface area contributed by atoms with Crippen LogP contribution in [0.4, 0.5) is 0 Å². The molecule has 0 saturated heterocycles. The van der Waals surface area contributed by atoms with Crippen LogP contribution in [0.5, 0.6) is 0 Å². The van der Waals surface area contributed by atoms with E-state index in [9.17, 15) is 0 Å². The Balaban J connectivity index is 1.89. The number of aromatic nitrogens is 2. The van der Waals surface area contributed by atoms with Crippen LogP contribution in [0.2, 0.25) is 5.02 Å². The van der Waals surface area contributed by atoms with Crippen molar-refractivity contribution in [1.29, 1.82) is 0 Å². The highest BCUT2D eigenvalue weighted by Gasteiger charge is 2.26. The van der Waals surface area contributed by atoms with Gasteiger partial charge in [-0.25, -0.2) is 4.57 Å². The second kappa shape index (κ2) is 7.05. The van der Waals surface area contributed by atoms with Crippen LogP contribution in [-0.2, 0) is 19.4 Å². The Labute approximate surface area is 154 Å². The van der Waals surface area contributed by atoms with E-state index in [1.54, 1.807) is 0 Å². The smallest absolute Gasteiger partial charge is 0.233 e. The topological polar surface area (TPSA) is 8.81 Å². The number of rotatable bonds is 3.